The molecule has 8 rings (SSSR count). The van der Waals surface area contributed by atoms with E-state index in [1.807, 2.05) is 97.3 Å². The minimum Gasteiger partial charge on any atom is -0.354 e. The third kappa shape index (κ3) is 16.3. The zero-order valence-electron chi connectivity index (χ0n) is 36.8. The maximum atomic E-state index is 12.6. The Balaban J connectivity index is 0.000000310. The number of nitrogens with one attached hydrogen (secondary N) is 3. The number of unbranched alkanes of at least 4 members (excludes halogenated alkanes) is 1. The number of carbonyl (C=O) groups excluding carboxylic acids is 6. The van der Waals surface area contributed by atoms with Gasteiger partial charge in [-0.05, 0) is 61.0 Å². The number of hydroxylamine groups is 2. The van der Waals surface area contributed by atoms with E-state index in [1.165, 1.54) is 0 Å². The quantitative estimate of drug-likeness (QED) is 0.0322. The van der Waals surface area contributed by atoms with Crippen molar-refractivity contribution in [2.24, 2.45) is 0 Å². The number of carbonyl (C=O) groups is 6. The van der Waals surface area contributed by atoms with Gasteiger partial charge in [-0.25, -0.2) is 4.79 Å². The summed E-state index contributed by atoms with van der Waals surface area (Å²) < 4.78 is 35.8. The second-order valence-electron chi connectivity index (χ2n) is 14.9. The number of fused-ring (bicyclic) bond motifs is 3. The van der Waals surface area contributed by atoms with Crippen molar-refractivity contribution >= 4 is 73.1 Å². The van der Waals surface area contributed by atoms with Crippen LogP contribution in [0.4, 0.5) is 5.69 Å². The van der Waals surface area contributed by atoms with E-state index in [1.54, 1.807) is 40.2 Å². The molecule has 20 nitrogen and oxygen atoms in total. The van der Waals surface area contributed by atoms with Crippen molar-refractivity contribution < 1.29 is 66.7 Å². The molecule has 1 aliphatic rings. The predicted molar refractivity (Wildman–Crippen MR) is 247 cm³/mol. The fourth-order valence-corrected chi connectivity index (χ4v) is 7.21. The first-order valence-electron chi connectivity index (χ1n) is 21.3. The summed E-state index contributed by atoms with van der Waals surface area (Å²) in [7, 11) is -4.65. The van der Waals surface area contributed by atoms with Gasteiger partial charge in [0, 0.05) is 107 Å². The van der Waals surface area contributed by atoms with Gasteiger partial charge in [-0.15, -0.1) is 17.2 Å². The zero-order chi connectivity index (χ0) is 48.3. The number of nitrogens with zero attached hydrogens (tertiary/aromatic N) is 7. The molecule has 1 radical (unpaired) electrons. The molecule has 3 aromatic carbocycles. The average molecular weight is 1140 g/mol. The topological polar surface area (TPSA) is 267 Å². The van der Waals surface area contributed by atoms with E-state index < -0.39 is 51.5 Å². The van der Waals surface area contributed by atoms with E-state index in [4.69, 9.17) is 4.84 Å². The molecular formula is C47H46IrN10O10S-2. The van der Waals surface area contributed by atoms with E-state index in [0.717, 1.165) is 16.8 Å². The molecule has 1 atom stereocenters. The average Bonchev–Trinajstić information content (AvgIpc) is 4.14. The molecule has 0 bridgehead atoms. The third-order valence-corrected chi connectivity index (χ3v) is 10.5. The Morgan fingerprint density at radius 3 is 1.94 bits per heavy atom. The van der Waals surface area contributed by atoms with Gasteiger partial charge in [-0.3, -0.25) is 47.9 Å². The summed E-state index contributed by atoms with van der Waals surface area (Å²) in [5.74, 6) is -5.06. The Kier molecular flexibility index (Phi) is 19.9. The zero-order valence-corrected chi connectivity index (χ0v) is 40.0. The molecule has 1 fully saturated rings. The summed E-state index contributed by atoms with van der Waals surface area (Å²) in [6.45, 7) is -0.0126. The van der Waals surface area contributed by atoms with E-state index in [0.29, 0.717) is 27.2 Å². The summed E-state index contributed by atoms with van der Waals surface area (Å²) in [6.07, 6.45) is 10.5. The predicted octanol–water partition coefficient (Wildman–Crippen LogP) is 4.50. The Bertz CT molecular complexity index is 2840. The summed E-state index contributed by atoms with van der Waals surface area (Å²) in [5, 5.41) is 17.6. The molecule has 69 heavy (non-hydrogen) atoms. The van der Waals surface area contributed by atoms with Crippen molar-refractivity contribution in [2.75, 3.05) is 17.6 Å². The fourth-order valence-electron chi connectivity index (χ4n) is 6.55. The van der Waals surface area contributed by atoms with Gasteiger partial charge < -0.3 is 20.8 Å². The van der Waals surface area contributed by atoms with E-state index >= 15 is 0 Å². The van der Waals surface area contributed by atoms with Crippen molar-refractivity contribution in [3.05, 3.63) is 140 Å². The number of hydrogen-bond donors (Lipinski definition) is 4. The van der Waals surface area contributed by atoms with Crippen LogP contribution in [0.15, 0.2) is 128 Å². The molecule has 22 heteroatoms. The minimum absolute atomic E-state index is 0. The Labute approximate surface area is 409 Å². The molecule has 0 aliphatic carbocycles. The van der Waals surface area contributed by atoms with Crippen molar-refractivity contribution in [3.8, 4) is 11.4 Å². The number of rotatable bonds is 17. The van der Waals surface area contributed by atoms with Gasteiger partial charge in [0.2, 0.25) is 17.7 Å². The molecule has 1 saturated heterocycles. The van der Waals surface area contributed by atoms with Crippen LogP contribution < -0.4 is 16.0 Å². The van der Waals surface area contributed by atoms with Crippen LogP contribution in [0.2, 0.25) is 0 Å². The van der Waals surface area contributed by atoms with Crippen molar-refractivity contribution in [1.29, 1.82) is 0 Å². The fraction of sp³-hybridized carbons (Fsp3) is 0.234. The van der Waals surface area contributed by atoms with Crippen LogP contribution in [0.1, 0.15) is 51.4 Å². The molecule has 1 unspecified atom stereocenters. The number of amides is 5. The second kappa shape index (κ2) is 26.1. The number of hydrogen-bond acceptors (Lipinski definition) is 13. The maximum absolute atomic E-state index is 12.6. The molecule has 1 aliphatic heterocycles. The van der Waals surface area contributed by atoms with Gasteiger partial charge in [-0.2, -0.15) is 67.1 Å². The number of imide groups is 1. The van der Waals surface area contributed by atoms with Crippen LogP contribution in [0.5, 0.6) is 0 Å². The van der Waals surface area contributed by atoms with Crippen LogP contribution in [-0.2, 0) is 63.8 Å². The van der Waals surface area contributed by atoms with Crippen LogP contribution in [-0.4, -0.2) is 101 Å². The summed E-state index contributed by atoms with van der Waals surface area (Å²) in [5.41, 5.74) is 3.76. The molecule has 0 spiro atoms. The third-order valence-electron chi connectivity index (χ3n) is 9.79. The van der Waals surface area contributed by atoms with Gasteiger partial charge in [0.1, 0.15) is 11.8 Å². The number of para-hydroxylation sites is 2. The second-order valence-corrected chi connectivity index (χ2v) is 16.4. The smallest absolute Gasteiger partial charge is 0.333 e. The van der Waals surface area contributed by atoms with Crippen molar-refractivity contribution in [3.63, 3.8) is 0 Å². The van der Waals surface area contributed by atoms with Gasteiger partial charge in [0.25, 0.3) is 21.9 Å². The first-order chi connectivity index (χ1) is 32.8. The molecule has 4 aromatic heterocycles. The van der Waals surface area contributed by atoms with Gasteiger partial charge >= 0.3 is 5.97 Å². The number of aromatic nitrogens is 6. The number of anilines is 1. The molecule has 5 amide bonds. The van der Waals surface area contributed by atoms with Gasteiger partial charge in [0.05, 0.1) is 16.7 Å². The van der Waals surface area contributed by atoms with Crippen LogP contribution in [0.25, 0.3) is 33.2 Å². The summed E-state index contributed by atoms with van der Waals surface area (Å²) >= 11 is 0. The maximum Gasteiger partial charge on any atom is 0.333 e. The molecule has 4 N–H and O–H groups in total. The SMILES string of the molecule is O=C(CCCC(=O)NC(CS(=O)(=O)O)C(=O)NCCCCC(=O)ON1C(=O)CCC1=O)Nc1ccnc2c1ccc1cccnc12.[Ir].[c-]1ccccc1-n1cccn1.[c-]1ccccc1-n1cccn1. The molecule has 361 valence electrons. The Morgan fingerprint density at radius 2 is 1.35 bits per heavy atom. The van der Waals surface area contributed by atoms with E-state index in [9.17, 15) is 41.7 Å². The van der Waals surface area contributed by atoms with Crippen LogP contribution in [0, 0.1) is 12.1 Å². The van der Waals surface area contributed by atoms with E-state index in [2.05, 4.69) is 48.2 Å². The Morgan fingerprint density at radius 1 is 0.710 bits per heavy atom. The summed E-state index contributed by atoms with van der Waals surface area (Å²) in [4.78, 5) is 86.1. The summed E-state index contributed by atoms with van der Waals surface area (Å²) in [6, 6.07) is 32.8. The first-order valence-corrected chi connectivity index (χ1v) is 22.9. The Hall–Kier alpha value is -7.52. The van der Waals surface area contributed by atoms with Crippen LogP contribution >= 0.6 is 0 Å². The molecule has 7 aromatic rings. The molecule has 5 heterocycles. The van der Waals surface area contributed by atoms with Crippen molar-refractivity contribution in [2.45, 2.75) is 57.4 Å². The molecule has 0 saturated carbocycles. The minimum atomic E-state index is -4.65. The van der Waals surface area contributed by atoms with Gasteiger partial charge in [-0.1, -0.05) is 12.1 Å². The standard InChI is InChI=1S/C29H32N6O10S.2C9H7N2.Ir/c36-22(33-20-13-16-31-28-19(20)10-9-18-5-4-15-30-27(18)28)6-3-7-23(37)34-21(17-46(42,43)44)29(41)32-14-2-1-8-26(40)45-35-24(38)11-12-25(35)39;2*1-2-5-9(6-3-1)11-8-4-7-10-11;/h4-5,9-10,13,15-16,21H,1-3,6-8,11-12,14,17H2,(H,32,41)(H,34,37)(H,31,33,36)(H,42,43,44);2*1-5,7-8H;/q;2*-1;. The normalized spacial score (nSPS) is 12.4. The number of benzene rings is 3. The largest absolute Gasteiger partial charge is 0.354 e. The van der Waals surface area contributed by atoms with Crippen LogP contribution in [0.3, 0.4) is 0 Å². The van der Waals surface area contributed by atoms with Crippen molar-refractivity contribution in [1.82, 2.24) is 45.2 Å². The van der Waals surface area contributed by atoms with E-state index in [-0.39, 0.29) is 83.9 Å². The number of pyridine rings is 2. The monoisotopic (exact) mass is 1140 g/mol. The van der Waals surface area contributed by atoms with Gasteiger partial charge in [0.15, 0.2) is 0 Å². The first kappa shape index (κ1) is 52.4. The molecular weight excluding hydrogens is 1090 g/mol.